The molecule has 1 aliphatic heterocycles. The highest BCUT2D eigenvalue weighted by atomic mass is 32.1. The third kappa shape index (κ3) is 3.21. The van der Waals surface area contributed by atoms with Crippen LogP contribution in [-0.4, -0.2) is 26.5 Å². The summed E-state index contributed by atoms with van der Waals surface area (Å²) >= 11 is 1.60. The summed E-state index contributed by atoms with van der Waals surface area (Å²) in [5.74, 6) is 1.85. The molecule has 28 heavy (non-hydrogen) atoms. The molecule has 0 N–H and O–H groups in total. The first-order valence-corrected chi connectivity index (χ1v) is 10.0. The fourth-order valence-electron chi connectivity index (χ4n) is 3.21. The third-order valence-electron chi connectivity index (χ3n) is 4.62. The van der Waals surface area contributed by atoms with Gasteiger partial charge in [0.2, 0.25) is 5.82 Å². The van der Waals surface area contributed by atoms with Crippen molar-refractivity contribution < 1.29 is 14.0 Å². The molecule has 4 heterocycles. The lowest BCUT2D eigenvalue weighted by molar-refractivity contribution is -0.00115. The van der Waals surface area contributed by atoms with Gasteiger partial charge in [-0.25, -0.2) is 0 Å². The van der Waals surface area contributed by atoms with Crippen LogP contribution in [0, 0.1) is 0 Å². The van der Waals surface area contributed by atoms with Gasteiger partial charge in [0.15, 0.2) is 5.69 Å². The Kier molecular flexibility index (Phi) is 4.42. The summed E-state index contributed by atoms with van der Waals surface area (Å²) in [6, 6.07) is 11.9. The van der Waals surface area contributed by atoms with Gasteiger partial charge in [-0.1, -0.05) is 17.3 Å². The SMILES string of the molecule is CCOc1ccc([C@@H]2Cn3nc(-c4nc(-c5ccsc5)no4)cc3CO2)cc1. The van der Waals surface area contributed by atoms with Crippen molar-refractivity contribution in [3.05, 3.63) is 58.4 Å². The zero-order valence-electron chi connectivity index (χ0n) is 15.2. The minimum atomic E-state index is -0.0556. The maximum atomic E-state index is 6.04. The molecule has 1 aromatic carbocycles. The molecule has 3 aromatic heterocycles. The van der Waals surface area contributed by atoms with Crippen molar-refractivity contribution >= 4 is 11.3 Å². The zero-order valence-corrected chi connectivity index (χ0v) is 16.1. The molecule has 5 rings (SSSR count). The number of fused-ring (bicyclic) bond motifs is 1. The molecule has 8 heteroatoms. The molecular formula is C20H18N4O3S. The van der Waals surface area contributed by atoms with Crippen LogP contribution in [0.4, 0.5) is 0 Å². The van der Waals surface area contributed by atoms with Gasteiger partial charge in [0.1, 0.15) is 11.9 Å². The number of hydrogen-bond acceptors (Lipinski definition) is 7. The Morgan fingerprint density at radius 1 is 1.25 bits per heavy atom. The largest absolute Gasteiger partial charge is 0.494 e. The van der Waals surface area contributed by atoms with Crippen LogP contribution < -0.4 is 4.74 Å². The van der Waals surface area contributed by atoms with Gasteiger partial charge in [0.05, 0.1) is 25.5 Å². The summed E-state index contributed by atoms with van der Waals surface area (Å²) in [6.45, 7) is 3.75. The second kappa shape index (κ2) is 7.21. The summed E-state index contributed by atoms with van der Waals surface area (Å²) in [5.41, 5.74) is 3.71. The van der Waals surface area contributed by atoms with E-state index in [1.54, 1.807) is 11.3 Å². The summed E-state index contributed by atoms with van der Waals surface area (Å²) in [7, 11) is 0. The van der Waals surface area contributed by atoms with E-state index in [9.17, 15) is 0 Å². The van der Waals surface area contributed by atoms with E-state index in [1.165, 1.54) is 0 Å². The van der Waals surface area contributed by atoms with E-state index in [0.29, 0.717) is 37.2 Å². The minimum Gasteiger partial charge on any atom is -0.494 e. The number of ether oxygens (including phenoxy) is 2. The van der Waals surface area contributed by atoms with E-state index < -0.39 is 0 Å². The van der Waals surface area contributed by atoms with Crippen LogP contribution in [0.5, 0.6) is 5.75 Å². The molecule has 4 aromatic rings. The van der Waals surface area contributed by atoms with Crippen LogP contribution >= 0.6 is 11.3 Å². The second-order valence-electron chi connectivity index (χ2n) is 6.44. The summed E-state index contributed by atoms with van der Waals surface area (Å²) in [4.78, 5) is 4.47. The van der Waals surface area contributed by atoms with Crippen molar-refractivity contribution in [2.24, 2.45) is 0 Å². The van der Waals surface area contributed by atoms with Gasteiger partial charge in [-0.3, -0.25) is 4.68 Å². The van der Waals surface area contributed by atoms with E-state index >= 15 is 0 Å². The summed E-state index contributed by atoms with van der Waals surface area (Å²) in [5, 5.41) is 12.7. The van der Waals surface area contributed by atoms with Crippen molar-refractivity contribution in [2.45, 2.75) is 26.2 Å². The maximum absolute atomic E-state index is 6.04. The quantitative estimate of drug-likeness (QED) is 0.501. The predicted octanol–water partition coefficient (Wildman–Crippen LogP) is 4.33. The number of rotatable bonds is 5. The molecule has 142 valence electrons. The molecule has 0 amide bonds. The van der Waals surface area contributed by atoms with Gasteiger partial charge in [-0.05, 0) is 42.1 Å². The second-order valence-corrected chi connectivity index (χ2v) is 7.22. The molecule has 0 bridgehead atoms. The van der Waals surface area contributed by atoms with Crippen molar-refractivity contribution in [3.8, 4) is 28.7 Å². The Hall–Kier alpha value is -2.97. The highest BCUT2D eigenvalue weighted by Gasteiger charge is 2.24. The molecule has 0 unspecified atom stereocenters. The topological polar surface area (TPSA) is 75.2 Å². The predicted molar refractivity (Wildman–Crippen MR) is 104 cm³/mol. The molecule has 0 aliphatic carbocycles. The Morgan fingerprint density at radius 2 is 2.14 bits per heavy atom. The Morgan fingerprint density at radius 3 is 2.93 bits per heavy atom. The number of hydrogen-bond donors (Lipinski definition) is 0. The highest BCUT2D eigenvalue weighted by molar-refractivity contribution is 7.08. The van der Waals surface area contributed by atoms with Gasteiger partial charge in [0, 0.05) is 10.9 Å². The number of benzene rings is 1. The van der Waals surface area contributed by atoms with Crippen LogP contribution in [0.2, 0.25) is 0 Å². The molecular weight excluding hydrogens is 376 g/mol. The number of nitrogens with zero attached hydrogens (tertiary/aromatic N) is 4. The first-order chi connectivity index (χ1) is 13.8. The van der Waals surface area contributed by atoms with E-state index in [-0.39, 0.29) is 6.10 Å². The van der Waals surface area contributed by atoms with Crippen LogP contribution in [-0.2, 0) is 17.9 Å². The summed E-state index contributed by atoms with van der Waals surface area (Å²) < 4.78 is 18.9. The van der Waals surface area contributed by atoms with Crippen molar-refractivity contribution in [2.75, 3.05) is 6.61 Å². The first-order valence-electron chi connectivity index (χ1n) is 9.08. The van der Waals surface area contributed by atoms with E-state index in [4.69, 9.17) is 14.0 Å². The van der Waals surface area contributed by atoms with Crippen LogP contribution in [0.15, 0.2) is 51.7 Å². The molecule has 0 saturated heterocycles. The Bertz CT molecular complexity index is 1070. The smallest absolute Gasteiger partial charge is 0.278 e. The van der Waals surface area contributed by atoms with Crippen LogP contribution in [0.3, 0.4) is 0 Å². The molecule has 0 fully saturated rings. The Balaban J connectivity index is 1.35. The maximum Gasteiger partial charge on any atom is 0.278 e. The lowest BCUT2D eigenvalue weighted by Gasteiger charge is -2.24. The fourth-order valence-corrected chi connectivity index (χ4v) is 3.85. The molecule has 7 nitrogen and oxygen atoms in total. The lowest BCUT2D eigenvalue weighted by Crippen LogP contribution is -2.21. The van der Waals surface area contributed by atoms with Crippen molar-refractivity contribution in [3.63, 3.8) is 0 Å². The van der Waals surface area contributed by atoms with Crippen molar-refractivity contribution in [1.82, 2.24) is 19.9 Å². The lowest BCUT2D eigenvalue weighted by atomic mass is 10.1. The van der Waals surface area contributed by atoms with Gasteiger partial charge in [-0.2, -0.15) is 21.4 Å². The normalized spacial score (nSPS) is 16.1. The van der Waals surface area contributed by atoms with Crippen molar-refractivity contribution in [1.29, 1.82) is 0 Å². The number of thiophene rings is 1. The number of aromatic nitrogens is 4. The average molecular weight is 394 g/mol. The minimum absolute atomic E-state index is 0.0556. The standard InChI is InChI=1S/C20H18N4O3S/c1-2-25-16-5-3-13(4-6-16)18-10-24-15(11-26-18)9-17(22-24)20-21-19(23-27-20)14-7-8-28-12-14/h3-9,12,18H,2,10-11H2,1H3/t18-/m0/s1. The Labute approximate surface area is 165 Å². The summed E-state index contributed by atoms with van der Waals surface area (Å²) in [6.07, 6.45) is -0.0556. The van der Waals surface area contributed by atoms with E-state index in [2.05, 4.69) is 15.2 Å². The highest BCUT2D eigenvalue weighted by Crippen LogP contribution is 2.30. The van der Waals surface area contributed by atoms with E-state index in [1.807, 2.05) is 58.8 Å². The molecule has 0 radical (unpaired) electrons. The monoisotopic (exact) mass is 394 g/mol. The van der Waals surface area contributed by atoms with Gasteiger partial charge >= 0.3 is 0 Å². The van der Waals surface area contributed by atoms with Gasteiger partial charge in [0.25, 0.3) is 5.89 Å². The third-order valence-corrected chi connectivity index (χ3v) is 5.31. The molecule has 1 aliphatic rings. The van der Waals surface area contributed by atoms with Crippen LogP contribution in [0.1, 0.15) is 24.3 Å². The fraction of sp³-hybridized carbons (Fsp3) is 0.250. The zero-order chi connectivity index (χ0) is 18.9. The molecule has 0 spiro atoms. The molecule has 1 atom stereocenters. The van der Waals surface area contributed by atoms with Gasteiger partial charge < -0.3 is 14.0 Å². The average Bonchev–Trinajstić information content (AvgIpc) is 3.47. The van der Waals surface area contributed by atoms with E-state index in [0.717, 1.165) is 22.6 Å². The first kappa shape index (κ1) is 17.2. The van der Waals surface area contributed by atoms with Crippen LogP contribution in [0.25, 0.3) is 23.0 Å². The van der Waals surface area contributed by atoms with Gasteiger partial charge in [-0.15, -0.1) is 0 Å². The molecule has 0 saturated carbocycles.